The molecule has 13 heteroatoms. The quantitative estimate of drug-likeness (QED) is 0.0889. The molecule has 0 bridgehead atoms. The van der Waals surface area contributed by atoms with Crippen LogP contribution < -0.4 is 24.5 Å². The van der Waals surface area contributed by atoms with Crippen LogP contribution in [0.5, 0.6) is 23.0 Å². The highest BCUT2D eigenvalue weighted by molar-refractivity contribution is 9.10. The van der Waals surface area contributed by atoms with Crippen LogP contribution in [0.3, 0.4) is 0 Å². The standard InChI is InChI=1S/C33H23BrN4O8/c1-2-42-29-13-20(11-25(38(40)41)31(29)43-17-19-7-9-27-28(12-19)45-18-44-27)16-35-37-32(36-24-6-4-3-5-23(24)33(37)39)30-15-21-14-22(34)8-10-26(21)46-30/h3-16H,2,17-18H2,1H3. The van der Waals surface area contributed by atoms with Gasteiger partial charge in [0.15, 0.2) is 23.0 Å². The Morgan fingerprint density at radius 3 is 2.74 bits per heavy atom. The van der Waals surface area contributed by atoms with Crippen molar-refractivity contribution in [3.05, 3.63) is 115 Å². The Bertz CT molecular complexity index is 2240. The first-order valence-electron chi connectivity index (χ1n) is 14.1. The number of halogens is 1. The summed E-state index contributed by atoms with van der Waals surface area (Å²) in [7, 11) is 0. The Labute approximate surface area is 268 Å². The van der Waals surface area contributed by atoms with E-state index in [0.29, 0.717) is 39.3 Å². The minimum atomic E-state index is -0.559. The zero-order valence-electron chi connectivity index (χ0n) is 24.1. The van der Waals surface area contributed by atoms with Crippen LogP contribution in [0.2, 0.25) is 0 Å². The number of furan rings is 1. The van der Waals surface area contributed by atoms with Crippen LogP contribution >= 0.6 is 15.9 Å². The predicted octanol–water partition coefficient (Wildman–Crippen LogP) is 7.07. The van der Waals surface area contributed by atoms with Crippen LogP contribution in [0, 0.1) is 10.1 Å². The monoisotopic (exact) mass is 682 g/mol. The van der Waals surface area contributed by atoms with E-state index >= 15 is 0 Å². The molecule has 0 unspecified atom stereocenters. The van der Waals surface area contributed by atoms with Crippen molar-refractivity contribution in [1.82, 2.24) is 9.66 Å². The van der Waals surface area contributed by atoms with E-state index in [1.807, 2.05) is 12.1 Å². The van der Waals surface area contributed by atoms with Crippen LogP contribution in [0.4, 0.5) is 5.69 Å². The molecular weight excluding hydrogens is 660 g/mol. The van der Waals surface area contributed by atoms with E-state index in [0.717, 1.165) is 20.1 Å². The number of para-hydroxylation sites is 1. The molecule has 0 aliphatic carbocycles. The SMILES string of the molecule is CCOc1cc(C=Nn2c(-c3cc4cc(Br)ccc4o3)nc3ccccc3c2=O)cc([N+](=O)[O-])c1OCc1ccc2c(c1)OCO2. The molecule has 230 valence electrons. The molecule has 0 saturated carbocycles. The van der Waals surface area contributed by atoms with E-state index in [1.54, 1.807) is 67.6 Å². The Morgan fingerprint density at radius 2 is 1.89 bits per heavy atom. The zero-order valence-corrected chi connectivity index (χ0v) is 25.7. The lowest BCUT2D eigenvalue weighted by Gasteiger charge is -2.13. The predicted molar refractivity (Wildman–Crippen MR) is 173 cm³/mol. The third kappa shape index (κ3) is 5.52. The topological polar surface area (TPSA) is 140 Å². The van der Waals surface area contributed by atoms with Crippen LogP contribution in [0.25, 0.3) is 33.5 Å². The maximum atomic E-state index is 13.7. The molecule has 4 aromatic carbocycles. The van der Waals surface area contributed by atoms with E-state index in [9.17, 15) is 14.9 Å². The molecule has 0 fully saturated rings. The average Bonchev–Trinajstić information content (AvgIpc) is 3.70. The largest absolute Gasteiger partial charge is 0.490 e. The molecule has 12 nitrogen and oxygen atoms in total. The molecule has 0 amide bonds. The Morgan fingerprint density at radius 1 is 1.04 bits per heavy atom. The van der Waals surface area contributed by atoms with Crippen LogP contribution in [-0.4, -0.2) is 34.2 Å². The molecule has 2 aromatic heterocycles. The molecule has 3 heterocycles. The fourth-order valence-electron chi connectivity index (χ4n) is 5.05. The second-order valence-corrected chi connectivity index (χ2v) is 11.1. The van der Waals surface area contributed by atoms with Crippen molar-refractivity contribution in [2.75, 3.05) is 13.4 Å². The van der Waals surface area contributed by atoms with Gasteiger partial charge in [-0.3, -0.25) is 14.9 Å². The number of ether oxygens (including phenoxy) is 4. The van der Waals surface area contributed by atoms with Crippen molar-refractivity contribution < 1.29 is 28.3 Å². The van der Waals surface area contributed by atoms with Gasteiger partial charge in [-0.1, -0.05) is 34.1 Å². The molecule has 6 aromatic rings. The summed E-state index contributed by atoms with van der Waals surface area (Å²) in [5, 5.41) is 17.8. The summed E-state index contributed by atoms with van der Waals surface area (Å²) < 4.78 is 30.5. The first kappa shape index (κ1) is 29.0. The molecule has 1 aliphatic heterocycles. The first-order valence-corrected chi connectivity index (χ1v) is 14.9. The summed E-state index contributed by atoms with van der Waals surface area (Å²) in [6.45, 7) is 2.12. The van der Waals surface area contributed by atoms with Crippen molar-refractivity contribution in [3.63, 3.8) is 0 Å². The Hall–Kier alpha value is -5.69. The molecule has 0 saturated heterocycles. The summed E-state index contributed by atoms with van der Waals surface area (Å²) in [6.07, 6.45) is 1.33. The average molecular weight is 683 g/mol. The number of nitro groups is 1. The highest BCUT2D eigenvalue weighted by Gasteiger charge is 2.24. The third-order valence-electron chi connectivity index (χ3n) is 7.15. The molecule has 0 atom stereocenters. The lowest BCUT2D eigenvalue weighted by Crippen LogP contribution is -2.20. The van der Waals surface area contributed by atoms with Crippen LogP contribution in [-0.2, 0) is 6.61 Å². The van der Waals surface area contributed by atoms with Gasteiger partial charge < -0.3 is 23.4 Å². The van der Waals surface area contributed by atoms with Gasteiger partial charge in [-0.15, -0.1) is 0 Å². The Balaban J connectivity index is 1.29. The number of benzene rings is 4. The molecule has 46 heavy (non-hydrogen) atoms. The van der Waals surface area contributed by atoms with Gasteiger partial charge in [0, 0.05) is 21.5 Å². The summed E-state index contributed by atoms with van der Waals surface area (Å²) in [5.41, 5.74) is 1.31. The van der Waals surface area contributed by atoms with Gasteiger partial charge in [-0.25, -0.2) is 4.98 Å². The van der Waals surface area contributed by atoms with Crippen molar-refractivity contribution in [2.45, 2.75) is 13.5 Å². The number of fused-ring (bicyclic) bond motifs is 3. The van der Waals surface area contributed by atoms with Gasteiger partial charge in [0.05, 0.1) is 28.6 Å². The molecule has 0 N–H and O–H groups in total. The van der Waals surface area contributed by atoms with Crippen molar-refractivity contribution in [3.8, 4) is 34.6 Å². The normalized spacial score (nSPS) is 12.3. The van der Waals surface area contributed by atoms with Crippen molar-refractivity contribution >= 4 is 49.7 Å². The van der Waals surface area contributed by atoms with Crippen molar-refractivity contribution in [2.24, 2.45) is 5.10 Å². The fourth-order valence-corrected chi connectivity index (χ4v) is 5.43. The second kappa shape index (κ2) is 12.0. The third-order valence-corrected chi connectivity index (χ3v) is 7.64. The van der Waals surface area contributed by atoms with Gasteiger partial charge in [-0.05, 0) is 67.1 Å². The number of aromatic nitrogens is 2. The molecular formula is C33H23BrN4O8. The number of nitrogens with zero attached hydrogens (tertiary/aromatic N) is 4. The number of rotatable bonds is 9. The maximum Gasteiger partial charge on any atom is 0.315 e. The van der Waals surface area contributed by atoms with E-state index < -0.39 is 10.5 Å². The highest BCUT2D eigenvalue weighted by atomic mass is 79.9. The second-order valence-electron chi connectivity index (χ2n) is 10.1. The van der Waals surface area contributed by atoms with Gasteiger partial charge >= 0.3 is 5.69 Å². The van der Waals surface area contributed by atoms with Gasteiger partial charge in [0.25, 0.3) is 5.56 Å². The highest BCUT2D eigenvalue weighted by Crippen LogP contribution is 2.40. The van der Waals surface area contributed by atoms with E-state index in [4.69, 9.17) is 28.3 Å². The minimum absolute atomic E-state index is 0.0145. The molecule has 7 rings (SSSR count). The number of nitro benzene ring substituents is 1. The lowest BCUT2D eigenvalue weighted by atomic mass is 10.1. The summed E-state index contributed by atoms with van der Waals surface area (Å²) in [5.74, 6) is 1.77. The van der Waals surface area contributed by atoms with Crippen LogP contribution in [0.15, 0.2) is 97.6 Å². The molecule has 0 spiro atoms. The van der Waals surface area contributed by atoms with Gasteiger partial charge in [0.2, 0.25) is 18.4 Å². The maximum absolute atomic E-state index is 13.7. The number of hydrogen-bond acceptors (Lipinski definition) is 10. The Kier molecular flexibility index (Phi) is 7.58. The van der Waals surface area contributed by atoms with E-state index in [1.165, 1.54) is 12.3 Å². The van der Waals surface area contributed by atoms with E-state index in [2.05, 4.69) is 21.0 Å². The first-order chi connectivity index (χ1) is 22.4. The summed E-state index contributed by atoms with van der Waals surface area (Å²) >= 11 is 3.46. The smallest absolute Gasteiger partial charge is 0.315 e. The lowest BCUT2D eigenvalue weighted by molar-refractivity contribution is -0.386. The minimum Gasteiger partial charge on any atom is -0.490 e. The number of hydrogen-bond donors (Lipinski definition) is 0. The zero-order chi connectivity index (χ0) is 31.8. The van der Waals surface area contributed by atoms with Crippen molar-refractivity contribution in [1.29, 1.82) is 0 Å². The van der Waals surface area contributed by atoms with Gasteiger partial charge in [0.1, 0.15) is 12.2 Å². The van der Waals surface area contributed by atoms with Crippen LogP contribution in [0.1, 0.15) is 18.1 Å². The fraction of sp³-hybridized carbons (Fsp3) is 0.121. The summed E-state index contributed by atoms with van der Waals surface area (Å²) in [4.78, 5) is 30.1. The summed E-state index contributed by atoms with van der Waals surface area (Å²) in [6, 6.07) is 22.4. The van der Waals surface area contributed by atoms with E-state index in [-0.39, 0.29) is 43.0 Å². The molecule has 1 aliphatic rings. The molecule has 0 radical (unpaired) electrons. The van der Waals surface area contributed by atoms with Gasteiger partial charge in [-0.2, -0.15) is 9.78 Å².